The van der Waals surface area contributed by atoms with Crippen molar-refractivity contribution in [3.05, 3.63) is 52.3 Å². The monoisotopic (exact) mass is 250 g/mol. The maximum absolute atomic E-state index is 11.4. The largest absolute Gasteiger partial charge is 0.437 e. The number of nitrogens with zero attached hydrogens (tertiary/aromatic N) is 2. The third kappa shape index (κ3) is 2.85. The summed E-state index contributed by atoms with van der Waals surface area (Å²) in [5, 5.41) is 13.9. The second kappa shape index (κ2) is 5.61. The molecule has 0 aliphatic rings. The van der Waals surface area contributed by atoms with Crippen LogP contribution in [0, 0.1) is 0 Å². The maximum atomic E-state index is 11.4. The minimum absolute atomic E-state index is 0.0516. The van der Waals surface area contributed by atoms with Gasteiger partial charge in [-0.05, 0) is 5.56 Å². The summed E-state index contributed by atoms with van der Waals surface area (Å²) in [6.07, 6.45) is -0.801. The van der Waals surface area contributed by atoms with E-state index in [-0.39, 0.29) is 19.0 Å². The van der Waals surface area contributed by atoms with Crippen LogP contribution in [0.3, 0.4) is 0 Å². The van der Waals surface area contributed by atoms with Gasteiger partial charge in [0.1, 0.15) is 6.61 Å². The Hall–Kier alpha value is -1.92. The van der Waals surface area contributed by atoms with Gasteiger partial charge in [-0.15, -0.1) is 5.10 Å². The first-order valence-electron chi connectivity index (χ1n) is 5.49. The first kappa shape index (κ1) is 12.5. The molecule has 1 aromatic carbocycles. The third-order valence-electron chi connectivity index (χ3n) is 2.45. The van der Waals surface area contributed by atoms with Crippen LogP contribution in [0.5, 0.6) is 0 Å². The SMILES string of the molecule is COCc1nn(CC(O)c2ccccc2)c(=O)o1. The lowest BCUT2D eigenvalue weighted by Crippen LogP contribution is -2.20. The van der Waals surface area contributed by atoms with Gasteiger partial charge in [0, 0.05) is 7.11 Å². The van der Waals surface area contributed by atoms with E-state index in [2.05, 4.69) is 5.10 Å². The minimum Gasteiger partial charge on any atom is -0.390 e. The maximum Gasteiger partial charge on any atom is 0.437 e. The van der Waals surface area contributed by atoms with Crippen LogP contribution in [-0.2, 0) is 17.9 Å². The van der Waals surface area contributed by atoms with Gasteiger partial charge in [0.15, 0.2) is 0 Å². The van der Waals surface area contributed by atoms with Gasteiger partial charge >= 0.3 is 5.76 Å². The Labute approximate surface area is 103 Å². The van der Waals surface area contributed by atoms with Gasteiger partial charge in [-0.1, -0.05) is 30.3 Å². The van der Waals surface area contributed by atoms with Crippen molar-refractivity contribution >= 4 is 0 Å². The van der Waals surface area contributed by atoms with Crippen LogP contribution in [0.15, 0.2) is 39.5 Å². The molecule has 0 aliphatic carbocycles. The molecule has 0 saturated heterocycles. The fraction of sp³-hybridized carbons (Fsp3) is 0.333. The van der Waals surface area contributed by atoms with Gasteiger partial charge in [0.25, 0.3) is 0 Å². The van der Waals surface area contributed by atoms with Gasteiger partial charge in [-0.2, -0.15) is 4.68 Å². The number of benzene rings is 1. The Morgan fingerprint density at radius 2 is 2.17 bits per heavy atom. The topological polar surface area (TPSA) is 77.5 Å². The van der Waals surface area contributed by atoms with Crippen LogP contribution in [0.25, 0.3) is 0 Å². The lowest BCUT2D eigenvalue weighted by atomic mass is 10.1. The summed E-state index contributed by atoms with van der Waals surface area (Å²) >= 11 is 0. The van der Waals surface area contributed by atoms with E-state index in [1.54, 1.807) is 12.1 Å². The molecule has 1 N–H and O–H groups in total. The van der Waals surface area contributed by atoms with Gasteiger partial charge in [0.05, 0.1) is 12.6 Å². The molecular formula is C12H14N2O4. The molecule has 18 heavy (non-hydrogen) atoms. The predicted molar refractivity (Wildman–Crippen MR) is 62.9 cm³/mol. The molecule has 0 fully saturated rings. The second-order valence-corrected chi connectivity index (χ2v) is 3.80. The van der Waals surface area contributed by atoms with Crippen molar-refractivity contribution in [3.63, 3.8) is 0 Å². The molecule has 0 amide bonds. The fourth-order valence-corrected chi connectivity index (χ4v) is 1.59. The number of ether oxygens (including phenoxy) is 1. The molecule has 0 saturated carbocycles. The Balaban J connectivity index is 2.12. The van der Waals surface area contributed by atoms with E-state index < -0.39 is 11.9 Å². The Morgan fingerprint density at radius 1 is 1.44 bits per heavy atom. The molecule has 1 unspecified atom stereocenters. The van der Waals surface area contributed by atoms with E-state index in [9.17, 15) is 9.90 Å². The Morgan fingerprint density at radius 3 is 2.83 bits per heavy atom. The number of aromatic nitrogens is 2. The standard InChI is InChI=1S/C12H14N2O4/c1-17-8-11-13-14(12(16)18-11)7-10(15)9-5-3-2-4-6-9/h2-6,10,15H,7-8H2,1H3. The molecule has 0 aliphatic heterocycles. The van der Waals surface area contributed by atoms with Crippen LogP contribution >= 0.6 is 0 Å². The lowest BCUT2D eigenvalue weighted by molar-refractivity contribution is 0.148. The zero-order chi connectivity index (χ0) is 13.0. The van der Waals surface area contributed by atoms with Crippen molar-refractivity contribution in [1.29, 1.82) is 0 Å². The highest BCUT2D eigenvalue weighted by Crippen LogP contribution is 2.13. The van der Waals surface area contributed by atoms with Crippen LogP contribution in [-0.4, -0.2) is 22.0 Å². The first-order chi connectivity index (χ1) is 8.70. The average molecular weight is 250 g/mol. The van der Waals surface area contributed by atoms with E-state index in [0.717, 1.165) is 10.2 Å². The van der Waals surface area contributed by atoms with Crippen molar-refractivity contribution < 1.29 is 14.3 Å². The van der Waals surface area contributed by atoms with Crippen molar-refractivity contribution in [3.8, 4) is 0 Å². The predicted octanol–water partition coefficient (Wildman–Crippen LogP) is 0.716. The number of aliphatic hydroxyl groups is 1. The number of methoxy groups -OCH3 is 1. The third-order valence-corrected chi connectivity index (χ3v) is 2.45. The molecule has 6 heteroatoms. The summed E-state index contributed by atoms with van der Waals surface area (Å²) < 4.78 is 10.8. The summed E-state index contributed by atoms with van der Waals surface area (Å²) in [7, 11) is 1.48. The smallest absolute Gasteiger partial charge is 0.390 e. The highest BCUT2D eigenvalue weighted by atomic mass is 16.5. The molecule has 2 rings (SSSR count). The van der Waals surface area contributed by atoms with Gasteiger partial charge in [-0.25, -0.2) is 4.79 Å². The Kier molecular flexibility index (Phi) is 3.91. The van der Waals surface area contributed by atoms with Crippen LogP contribution in [0.2, 0.25) is 0 Å². The molecule has 0 bridgehead atoms. The van der Waals surface area contributed by atoms with Crippen molar-refractivity contribution in [2.24, 2.45) is 0 Å². The minimum atomic E-state index is -0.801. The number of hydrogen-bond acceptors (Lipinski definition) is 5. The summed E-state index contributed by atoms with van der Waals surface area (Å²) in [6.45, 7) is 0.180. The molecular weight excluding hydrogens is 236 g/mol. The normalized spacial score (nSPS) is 12.6. The summed E-state index contributed by atoms with van der Waals surface area (Å²) in [4.78, 5) is 11.4. The lowest BCUT2D eigenvalue weighted by Gasteiger charge is -2.09. The summed E-state index contributed by atoms with van der Waals surface area (Å²) in [6, 6.07) is 9.06. The van der Waals surface area contributed by atoms with E-state index >= 15 is 0 Å². The van der Waals surface area contributed by atoms with Crippen molar-refractivity contribution in [2.45, 2.75) is 19.3 Å². The molecule has 96 valence electrons. The fourth-order valence-electron chi connectivity index (χ4n) is 1.59. The van der Waals surface area contributed by atoms with E-state index in [0.29, 0.717) is 0 Å². The molecule has 0 spiro atoms. The average Bonchev–Trinajstić information content (AvgIpc) is 2.71. The molecule has 0 radical (unpaired) electrons. The molecule has 6 nitrogen and oxygen atoms in total. The second-order valence-electron chi connectivity index (χ2n) is 3.80. The molecule has 1 heterocycles. The van der Waals surface area contributed by atoms with Crippen LogP contribution in [0.1, 0.15) is 17.6 Å². The van der Waals surface area contributed by atoms with E-state index in [1.165, 1.54) is 7.11 Å². The molecule has 1 atom stereocenters. The van der Waals surface area contributed by atoms with Crippen molar-refractivity contribution in [2.75, 3.05) is 7.11 Å². The van der Waals surface area contributed by atoms with E-state index in [4.69, 9.17) is 9.15 Å². The highest BCUT2D eigenvalue weighted by molar-refractivity contribution is 5.16. The zero-order valence-corrected chi connectivity index (χ0v) is 9.94. The number of hydrogen-bond donors (Lipinski definition) is 1. The molecule has 2 aromatic rings. The van der Waals surface area contributed by atoms with Crippen molar-refractivity contribution in [1.82, 2.24) is 9.78 Å². The van der Waals surface area contributed by atoms with Gasteiger partial charge in [-0.3, -0.25) is 0 Å². The van der Waals surface area contributed by atoms with E-state index in [1.807, 2.05) is 18.2 Å². The zero-order valence-electron chi connectivity index (χ0n) is 9.94. The highest BCUT2D eigenvalue weighted by Gasteiger charge is 2.13. The molecule has 1 aromatic heterocycles. The van der Waals surface area contributed by atoms with Gasteiger partial charge < -0.3 is 14.3 Å². The quantitative estimate of drug-likeness (QED) is 0.845. The summed E-state index contributed by atoms with van der Waals surface area (Å²) in [5.74, 6) is -0.403. The van der Waals surface area contributed by atoms with Crippen LogP contribution in [0.4, 0.5) is 0 Å². The first-order valence-corrected chi connectivity index (χ1v) is 5.49. The summed E-state index contributed by atoms with van der Waals surface area (Å²) in [5.41, 5.74) is 0.723. The van der Waals surface area contributed by atoms with Crippen LogP contribution < -0.4 is 5.76 Å². The Bertz CT molecular complexity index is 547. The van der Waals surface area contributed by atoms with Gasteiger partial charge in [0.2, 0.25) is 5.89 Å². The number of rotatable bonds is 5. The number of aliphatic hydroxyl groups excluding tert-OH is 1.